The monoisotopic (exact) mass is 397 g/mol. The maximum atomic E-state index is 13.0. The maximum absolute atomic E-state index is 13.0. The van der Waals surface area contributed by atoms with Crippen molar-refractivity contribution in [3.8, 4) is 5.75 Å². The van der Waals surface area contributed by atoms with E-state index in [9.17, 15) is 9.59 Å². The van der Waals surface area contributed by atoms with Crippen LogP contribution in [0.1, 0.15) is 54.2 Å². The van der Waals surface area contributed by atoms with E-state index in [4.69, 9.17) is 4.74 Å². The molecule has 2 aliphatic rings. The average molecular weight is 397 g/mol. The van der Waals surface area contributed by atoms with Crippen molar-refractivity contribution in [2.75, 3.05) is 19.6 Å². The number of fused-ring (bicyclic) bond motifs is 1. The number of para-hydroxylation sites is 1. The minimum atomic E-state index is -0.598. The fourth-order valence-electron chi connectivity index (χ4n) is 4.31. The summed E-state index contributed by atoms with van der Waals surface area (Å²) in [5, 5.41) is 7.37. The molecule has 29 heavy (non-hydrogen) atoms. The minimum absolute atomic E-state index is 0.0663. The fraction of sp³-hybridized carbons (Fsp3) is 0.524. The molecule has 0 bridgehead atoms. The predicted molar refractivity (Wildman–Crippen MR) is 107 cm³/mol. The number of ether oxygens (including phenoxy) is 1. The van der Waals surface area contributed by atoms with Gasteiger partial charge in [0.25, 0.3) is 5.91 Å². The summed E-state index contributed by atoms with van der Waals surface area (Å²) in [5.74, 6) is 2.03. The number of aryl methyl sites for hydroxylation is 2. The first-order valence-electron chi connectivity index (χ1n) is 10.1. The van der Waals surface area contributed by atoms with Crippen molar-refractivity contribution in [2.45, 2.75) is 51.7 Å². The number of nitrogens with zero attached hydrogens (tertiary/aromatic N) is 4. The van der Waals surface area contributed by atoms with Crippen LogP contribution in [0.5, 0.6) is 5.75 Å². The molecule has 1 aromatic heterocycles. The molecule has 1 fully saturated rings. The zero-order chi connectivity index (χ0) is 20.6. The van der Waals surface area contributed by atoms with Gasteiger partial charge in [0.05, 0.1) is 24.7 Å². The minimum Gasteiger partial charge on any atom is -0.483 e. The van der Waals surface area contributed by atoms with Crippen molar-refractivity contribution in [3.05, 3.63) is 41.5 Å². The van der Waals surface area contributed by atoms with Gasteiger partial charge in [0.15, 0.2) is 0 Å². The van der Waals surface area contributed by atoms with Crippen LogP contribution in [-0.2, 0) is 4.79 Å². The van der Waals surface area contributed by atoms with E-state index in [1.54, 1.807) is 6.07 Å². The van der Waals surface area contributed by atoms with Crippen molar-refractivity contribution in [1.82, 2.24) is 25.0 Å². The highest BCUT2D eigenvalue weighted by Gasteiger charge is 2.42. The molecule has 1 spiro atoms. The predicted octanol–water partition coefficient (Wildman–Crippen LogP) is 2.03. The second-order valence-corrected chi connectivity index (χ2v) is 8.09. The van der Waals surface area contributed by atoms with Crippen LogP contribution in [0.25, 0.3) is 0 Å². The Morgan fingerprint density at radius 2 is 2.14 bits per heavy atom. The molecule has 4 rings (SSSR count). The molecule has 1 aromatic carbocycles. The van der Waals surface area contributed by atoms with Gasteiger partial charge in [0.2, 0.25) is 5.91 Å². The summed E-state index contributed by atoms with van der Waals surface area (Å²) >= 11 is 0. The molecule has 3 heterocycles. The second kappa shape index (κ2) is 7.50. The van der Waals surface area contributed by atoms with E-state index in [0.29, 0.717) is 43.2 Å². The summed E-state index contributed by atoms with van der Waals surface area (Å²) in [6, 6.07) is 7.20. The van der Waals surface area contributed by atoms with Gasteiger partial charge in [0, 0.05) is 13.0 Å². The van der Waals surface area contributed by atoms with E-state index < -0.39 is 5.60 Å². The number of piperidine rings is 1. The van der Waals surface area contributed by atoms with E-state index >= 15 is 0 Å². The van der Waals surface area contributed by atoms with Gasteiger partial charge < -0.3 is 15.0 Å². The van der Waals surface area contributed by atoms with Crippen LogP contribution < -0.4 is 10.1 Å². The number of aromatic nitrogens is 3. The standard InChI is InChI=1S/C21H27N5O3/c1-14(26-16(3)23-15(2)24-26)11-19(27)25-10-6-9-21(13-25)12-22-20(28)17-7-4-5-8-18(17)29-21/h4-5,7-8,14H,6,9-13H2,1-3H3,(H,22,28). The molecule has 2 aliphatic heterocycles. The number of carbonyl (C=O) groups is 2. The molecule has 2 atom stereocenters. The highest BCUT2D eigenvalue weighted by molar-refractivity contribution is 5.97. The topological polar surface area (TPSA) is 89.4 Å². The van der Waals surface area contributed by atoms with E-state index in [1.807, 2.05) is 48.6 Å². The molecule has 0 saturated carbocycles. The van der Waals surface area contributed by atoms with Crippen molar-refractivity contribution < 1.29 is 14.3 Å². The van der Waals surface area contributed by atoms with E-state index in [1.165, 1.54) is 0 Å². The number of hydrogen-bond donors (Lipinski definition) is 1. The van der Waals surface area contributed by atoms with Crippen molar-refractivity contribution in [1.29, 1.82) is 0 Å². The lowest BCUT2D eigenvalue weighted by atomic mass is 9.92. The number of benzene rings is 1. The lowest BCUT2D eigenvalue weighted by molar-refractivity contribution is -0.137. The number of likely N-dealkylation sites (tertiary alicyclic amines) is 1. The van der Waals surface area contributed by atoms with Crippen LogP contribution in [0.2, 0.25) is 0 Å². The Balaban J connectivity index is 1.48. The SMILES string of the molecule is Cc1nc(C)n(C(C)CC(=O)N2CCCC3(CNC(=O)c4ccccc4O3)C2)n1. The smallest absolute Gasteiger partial charge is 0.255 e. The number of amides is 2. The Morgan fingerprint density at radius 1 is 1.34 bits per heavy atom. The molecule has 1 N–H and O–H groups in total. The first kappa shape index (κ1) is 19.4. The van der Waals surface area contributed by atoms with Crippen LogP contribution in [0, 0.1) is 13.8 Å². The Hall–Kier alpha value is -2.90. The van der Waals surface area contributed by atoms with Crippen molar-refractivity contribution in [3.63, 3.8) is 0 Å². The summed E-state index contributed by atoms with van der Waals surface area (Å²) in [6.45, 7) is 7.28. The third kappa shape index (κ3) is 3.83. The van der Waals surface area contributed by atoms with Crippen molar-refractivity contribution >= 4 is 11.8 Å². The maximum Gasteiger partial charge on any atom is 0.255 e. The largest absolute Gasteiger partial charge is 0.483 e. The number of carbonyl (C=O) groups excluding carboxylic acids is 2. The van der Waals surface area contributed by atoms with Crippen LogP contribution >= 0.6 is 0 Å². The lowest BCUT2D eigenvalue weighted by Gasteiger charge is -2.42. The van der Waals surface area contributed by atoms with Gasteiger partial charge in [-0.15, -0.1) is 0 Å². The van der Waals surface area contributed by atoms with Gasteiger partial charge >= 0.3 is 0 Å². The van der Waals surface area contributed by atoms with Gasteiger partial charge in [-0.05, 0) is 45.7 Å². The highest BCUT2D eigenvalue weighted by atomic mass is 16.5. The second-order valence-electron chi connectivity index (χ2n) is 8.09. The third-order valence-electron chi connectivity index (χ3n) is 5.72. The molecular formula is C21H27N5O3. The Kier molecular flexibility index (Phi) is 5.02. The fourth-order valence-corrected chi connectivity index (χ4v) is 4.31. The summed E-state index contributed by atoms with van der Waals surface area (Å²) in [5.41, 5.74) is -0.0578. The van der Waals surface area contributed by atoms with Gasteiger partial charge in [-0.25, -0.2) is 9.67 Å². The molecule has 154 valence electrons. The van der Waals surface area contributed by atoms with Gasteiger partial charge in [0.1, 0.15) is 23.0 Å². The van der Waals surface area contributed by atoms with Gasteiger partial charge in [-0.2, -0.15) is 5.10 Å². The molecular weight excluding hydrogens is 370 g/mol. The number of hydrogen-bond acceptors (Lipinski definition) is 5. The molecule has 8 heteroatoms. The van der Waals surface area contributed by atoms with Crippen LogP contribution in [-0.4, -0.2) is 56.7 Å². The van der Waals surface area contributed by atoms with Gasteiger partial charge in [-0.1, -0.05) is 12.1 Å². The average Bonchev–Trinajstić information content (AvgIpc) is 2.98. The summed E-state index contributed by atoms with van der Waals surface area (Å²) in [7, 11) is 0. The first-order valence-corrected chi connectivity index (χ1v) is 10.1. The van der Waals surface area contributed by atoms with E-state index in [-0.39, 0.29) is 17.9 Å². The van der Waals surface area contributed by atoms with Crippen LogP contribution in [0.4, 0.5) is 0 Å². The third-order valence-corrected chi connectivity index (χ3v) is 5.72. The summed E-state index contributed by atoms with van der Waals surface area (Å²) in [4.78, 5) is 31.6. The quantitative estimate of drug-likeness (QED) is 0.856. The number of rotatable bonds is 3. The molecule has 2 aromatic rings. The van der Waals surface area contributed by atoms with Crippen LogP contribution in [0.15, 0.2) is 24.3 Å². The highest BCUT2D eigenvalue weighted by Crippen LogP contribution is 2.32. The molecule has 0 aliphatic carbocycles. The van der Waals surface area contributed by atoms with Gasteiger partial charge in [-0.3, -0.25) is 9.59 Å². The van der Waals surface area contributed by atoms with E-state index in [2.05, 4.69) is 15.4 Å². The summed E-state index contributed by atoms with van der Waals surface area (Å²) < 4.78 is 8.15. The molecule has 0 radical (unpaired) electrons. The lowest BCUT2D eigenvalue weighted by Crippen LogP contribution is -2.58. The molecule has 2 amide bonds. The van der Waals surface area contributed by atoms with Crippen molar-refractivity contribution in [2.24, 2.45) is 0 Å². The van der Waals surface area contributed by atoms with Crippen LogP contribution in [0.3, 0.4) is 0 Å². The summed E-state index contributed by atoms with van der Waals surface area (Å²) in [6.07, 6.45) is 1.98. The Morgan fingerprint density at radius 3 is 2.90 bits per heavy atom. The Bertz CT molecular complexity index is 940. The molecule has 8 nitrogen and oxygen atoms in total. The normalized spacial score (nSPS) is 22.4. The number of nitrogens with one attached hydrogen (secondary N) is 1. The zero-order valence-corrected chi connectivity index (χ0v) is 17.1. The Labute approximate surface area is 170 Å². The zero-order valence-electron chi connectivity index (χ0n) is 17.1. The van der Waals surface area contributed by atoms with E-state index in [0.717, 1.165) is 18.7 Å². The molecule has 2 unspecified atom stereocenters. The first-order chi connectivity index (χ1) is 13.9. The molecule has 1 saturated heterocycles.